The number of carbonyl (C=O) groups excluding carboxylic acids is 2. The molecule has 6 heteroatoms. The quantitative estimate of drug-likeness (QED) is 0.746. The van der Waals surface area contributed by atoms with Gasteiger partial charge >= 0.3 is 5.97 Å². The third kappa shape index (κ3) is 5.90. The molecular formula is C22H26N2O4. The molecule has 28 heavy (non-hydrogen) atoms. The number of morpholine rings is 1. The molecule has 0 bridgehead atoms. The summed E-state index contributed by atoms with van der Waals surface area (Å²) in [5.41, 5.74) is 2.57. The maximum Gasteiger partial charge on any atom is 0.338 e. The Labute approximate surface area is 165 Å². The maximum absolute atomic E-state index is 12.2. The van der Waals surface area contributed by atoms with Crippen LogP contribution in [-0.2, 0) is 20.8 Å². The van der Waals surface area contributed by atoms with Crippen LogP contribution in [0.2, 0.25) is 0 Å². The minimum Gasteiger partial charge on any atom is -0.452 e. The van der Waals surface area contributed by atoms with Gasteiger partial charge in [-0.05, 0) is 30.2 Å². The lowest BCUT2D eigenvalue weighted by molar-refractivity contribution is -0.124. The Morgan fingerprint density at radius 1 is 1.07 bits per heavy atom. The van der Waals surface area contributed by atoms with Gasteiger partial charge in [-0.25, -0.2) is 4.79 Å². The van der Waals surface area contributed by atoms with E-state index in [0.717, 1.165) is 44.0 Å². The Hall–Kier alpha value is -2.70. The molecule has 1 saturated heterocycles. The van der Waals surface area contributed by atoms with Gasteiger partial charge in [-0.2, -0.15) is 0 Å². The minimum atomic E-state index is -0.500. The van der Waals surface area contributed by atoms with Crippen LogP contribution < -0.4 is 5.32 Å². The van der Waals surface area contributed by atoms with Crippen molar-refractivity contribution in [3.63, 3.8) is 0 Å². The average molecular weight is 382 g/mol. The van der Waals surface area contributed by atoms with Crippen LogP contribution in [0.15, 0.2) is 54.6 Å². The molecule has 0 radical (unpaired) electrons. The predicted molar refractivity (Wildman–Crippen MR) is 106 cm³/mol. The summed E-state index contributed by atoms with van der Waals surface area (Å²) in [4.78, 5) is 26.5. The number of nitrogens with zero attached hydrogens (tertiary/aromatic N) is 1. The molecule has 6 nitrogen and oxygen atoms in total. The SMILES string of the molecule is C[C@H](NC(=O)COC(=O)c1ccc(CN2CCOCC2)cc1)c1ccccc1. The van der Waals surface area contributed by atoms with Crippen molar-refractivity contribution in [2.45, 2.75) is 19.5 Å². The Balaban J connectivity index is 1.44. The van der Waals surface area contributed by atoms with E-state index in [2.05, 4.69) is 10.2 Å². The number of benzene rings is 2. The first-order chi connectivity index (χ1) is 13.6. The molecule has 3 rings (SSSR count). The highest BCUT2D eigenvalue weighted by atomic mass is 16.5. The summed E-state index contributed by atoms with van der Waals surface area (Å²) in [6.45, 7) is 5.78. The fourth-order valence-electron chi connectivity index (χ4n) is 3.09. The lowest BCUT2D eigenvalue weighted by Crippen LogP contribution is -2.35. The molecule has 0 unspecified atom stereocenters. The second kappa shape index (κ2) is 10.0. The first kappa shape index (κ1) is 20.0. The topological polar surface area (TPSA) is 67.9 Å². The van der Waals surface area contributed by atoms with Crippen molar-refractivity contribution in [1.29, 1.82) is 0 Å². The smallest absolute Gasteiger partial charge is 0.338 e. The molecule has 0 aliphatic carbocycles. The van der Waals surface area contributed by atoms with Crippen LogP contribution in [0.25, 0.3) is 0 Å². The number of hydrogen-bond acceptors (Lipinski definition) is 5. The van der Waals surface area contributed by atoms with Crippen LogP contribution in [0.3, 0.4) is 0 Å². The van der Waals surface area contributed by atoms with Crippen molar-refractivity contribution < 1.29 is 19.1 Å². The summed E-state index contributed by atoms with van der Waals surface area (Å²) in [5.74, 6) is -0.825. The van der Waals surface area contributed by atoms with E-state index in [0.29, 0.717) is 5.56 Å². The second-order valence-electron chi connectivity index (χ2n) is 6.86. The summed E-state index contributed by atoms with van der Waals surface area (Å²) >= 11 is 0. The molecule has 1 atom stereocenters. The Bertz CT molecular complexity index is 771. The number of esters is 1. The van der Waals surface area contributed by atoms with E-state index < -0.39 is 5.97 Å². The standard InChI is InChI=1S/C22H26N2O4/c1-17(19-5-3-2-4-6-19)23-21(25)16-28-22(26)20-9-7-18(8-10-20)15-24-11-13-27-14-12-24/h2-10,17H,11-16H2,1H3,(H,23,25)/t17-/m0/s1. The van der Waals surface area contributed by atoms with Gasteiger partial charge in [0.2, 0.25) is 0 Å². The van der Waals surface area contributed by atoms with Gasteiger partial charge in [0.15, 0.2) is 6.61 Å². The van der Waals surface area contributed by atoms with Gasteiger partial charge < -0.3 is 14.8 Å². The molecular weight excluding hydrogens is 356 g/mol. The minimum absolute atomic E-state index is 0.146. The van der Waals surface area contributed by atoms with Gasteiger partial charge in [-0.1, -0.05) is 42.5 Å². The van der Waals surface area contributed by atoms with E-state index >= 15 is 0 Å². The zero-order chi connectivity index (χ0) is 19.8. The van der Waals surface area contributed by atoms with Crippen LogP contribution in [0.1, 0.15) is 34.5 Å². The lowest BCUT2D eigenvalue weighted by atomic mass is 10.1. The van der Waals surface area contributed by atoms with Crippen molar-refractivity contribution in [2.75, 3.05) is 32.9 Å². The third-order valence-electron chi connectivity index (χ3n) is 4.71. The fourth-order valence-corrected chi connectivity index (χ4v) is 3.09. The number of ether oxygens (including phenoxy) is 2. The largest absolute Gasteiger partial charge is 0.452 e. The summed E-state index contributed by atoms with van der Waals surface area (Å²) < 4.78 is 10.5. The van der Waals surface area contributed by atoms with E-state index in [1.54, 1.807) is 12.1 Å². The van der Waals surface area contributed by atoms with Crippen LogP contribution in [-0.4, -0.2) is 49.7 Å². The highest BCUT2D eigenvalue weighted by Gasteiger charge is 2.14. The number of carbonyl (C=O) groups is 2. The number of rotatable bonds is 7. The van der Waals surface area contributed by atoms with E-state index in [1.165, 1.54) is 0 Å². The van der Waals surface area contributed by atoms with Crippen LogP contribution in [0, 0.1) is 0 Å². The predicted octanol–water partition coefficient (Wildman–Crippen LogP) is 2.55. The fraction of sp³-hybridized carbons (Fsp3) is 0.364. The Morgan fingerprint density at radius 2 is 1.75 bits per heavy atom. The summed E-state index contributed by atoms with van der Waals surface area (Å²) in [6.07, 6.45) is 0. The molecule has 0 spiro atoms. The molecule has 1 fully saturated rings. The molecule has 1 amide bonds. The molecule has 0 saturated carbocycles. The molecule has 148 valence electrons. The van der Waals surface area contributed by atoms with Gasteiger partial charge in [-0.15, -0.1) is 0 Å². The monoisotopic (exact) mass is 382 g/mol. The average Bonchev–Trinajstić information content (AvgIpc) is 2.74. The maximum atomic E-state index is 12.2. The van der Waals surface area contributed by atoms with E-state index in [4.69, 9.17) is 9.47 Å². The normalized spacial score (nSPS) is 15.6. The van der Waals surface area contributed by atoms with Gasteiger partial charge in [0.25, 0.3) is 5.91 Å². The van der Waals surface area contributed by atoms with Crippen molar-refractivity contribution in [3.05, 3.63) is 71.3 Å². The highest BCUT2D eigenvalue weighted by molar-refractivity contribution is 5.91. The molecule has 2 aromatic carbocycles. The first-order valence-corrected chi connectivity index (χ1v) is 9.52. The number of amides is 1. The molecule has 0 aromatic heterocycles. The molecule has 1 aliphatic rings. The highest BCUT2D eigenvalue weighted by Crippen LogP contribution is 2.12. The second-order valence-corrected chi connectivity index (χ2v) is 6.86. The lowest BCUT2D eigenvalue weighted by Gasteiger charge is -2.26. The molecule has 1 heterocycles. The van der Waals surface area contributed by atoms with Crippen molar-refractivity contribution >= 4 is 11.9 Å². The van der Waals surface area contributed by atoms with Crippen molar-refractivity contribution in [2.24, 2.45) is 0 Å². The van der Waals surface area contributed by atoms with Crippen molar-refractivity contribution in [3.8, 4) is 0 Å². The van der Waals surface area contributed by atoms with Crippen LogP contribution in [0.4, 0.5) is 0 Å². The van der Waals surface area contributed by atoms with Gasteiger partial charge in [0.05, 0.1) is 24.8 Å². The van der Waals surface area contributed by atoms with Crippen LogP contribution >= 0.6 is 0 Å². The van der Waals surface area contributed by atoms with E-state index in [9.17, 15) is 9.59 Å². The summed E-state index contributed by atoms with van der Waals surface area (Å²) in [5, 5.41) is 2.83. The Kier molecular flexibility index (Phi) is 7.17. The number of nitrogens with one attached hydrogen (secondary N) is 1. The first-order valence-electron chi connectivity index (χ1n) is 9.52. The third-order valence-corrected chi connectivity index (χ3v) is 4.71. The zero-order valence-corrected chi connectivity index (χ0v) is 16.1. The van der Waals surface area contributed by atoms with Gasteiger partial charge in [0.1, 0.15) is 0 Å². The van der Waals surface area contributed by atoms with E-state index in [1.807, 2.05) is 49.4 Å². The van der Waals surface area contributed by atoms with Crippen LogP contribution in [0.5, 0.6) is 0 Å². The summed E-state index contributed by atoms with van der Waals surface area (Å²) in [7, 11) is 0. The van der Waals surface area contributed by atoms with E-state index in [-0.39, 0.29) is 18.6 Å². The number of hydrogen-bond donors (Lipinski definition) is 1. The zero-order valence-electron chi connectivity index (χ0n) is 16.1. The van der Waals surface area contributed by atoms with Crippen molar-refractivity contribution in [1.82, 2.24) is 10.2 Å². The summed E-state index contributed by atoms with van der Waals surface area (Å²) in [6, 6.07) is 16.8. The molecule has 1 N–H and O–H groups in total. The molecule has 2 aromatic rings. The van der Waals surface area contributed by atoms with Gasteiger partial charge in [0, 0.05) is 19.6 Å². The Morgan fingerprint density at radius 3 is 2.43 bits per heavy atom. The van der Waals surface area contributed by atoms with Gasteiger partial charge in [-0.3, -0.25) is 9.69 Å². The molecule has 1 aliphatic heterocycles.